The third-order valence-corrected chi connectivity index (χ3v) is 4.89. The molecule has 0 unspecified atom stereocenters. The van der Waals surface area contributed by atoms with Gasteiger partial charge >= 0.3 is 0 Å². The van der Waals surface area contributed by atoms with Gasteiger partial charge in [0, 0.05) is 36.6 Å². The minimum Gasteiger partial charge on any atom is -0.372 e. The van der Waals surface area contributed by atoms with E-state index in [9.17, 15) is 0 Å². The van der Waals surface area contributed by atoms with E-state index in [0.717, 1.165) is 30.4 Å². The van der Waals surface area contributed by atoms with Crippen molar-refractivity contribution in [2.75, 3.05) is 28.6 Å². The zero-order valence-electron chi connectivity index (χ0n) is 15.3. The summed E-state index contributed by atoms with van der Waals surface area (Å²) in [5, 5.41) is 6.92. The molecule has 1 saturated carbocycles. The smallest absolute Gasteiger partial charge is 0.135 e. The van der Waals surface area contributed by atoms with E-state index >= 15 is 0 Å². The van der Waals surface area contributed by atoms with Gasteiger partial charge in [0.2, 0.25) is 0 Å². The second-order valence-corrected chi connectivity index (χ2v) is 6.61. The fourth-order valence-corrected chi connectivity index (χ4v) is 3.45. The Kier molecular flexibility index (Phi) is 6.09. The van der Waals surface area contributed by atoms with Gasteiger partial charge in [0.05, 0.1) is 0 Å². The second kappa shape index (κ2) is 8.70. The number of hydrogen-bond donors (Lipinski definition) is 2. The predicted molar refractivity (Wildman–Crippen MR) is 106 cm³/mol. The van der Waals surface area contributed by atoms with Crippen LogP contribution < -0.4 is 15.5 Å². The molecule has 0 radical (unpaired) electrons. The van der Waals surface area contributed by atoms with Crippen LogP contribution in [0.5, 0.6) is 0 Å². The van der Waals surface area contributed by atoms with Gasteiger partial charge in [-0.25, -0.2) is 9.97 Å². The molecule has 0 aliphatic heterocycles. The number of benzene rings is 1. The van der Waals surface area contributed by atoms with Gasteiger partial charge in [0.25, 0.3) is 0 Å². The summed E-state index contributed by atoms with van der Waals surface area (Å²) < 4.78 is 0. The molecule has 5 nitrogen and oxygen atoms in total. The fraction of sp³-hybridized carbons (Fsp3) is 0.500. The van der Waals surface area contributed by atoms with E-state index in [0.29, 0.717) is 6.04 Å². The van der Waals surface area contributed by atoms with Gasteiger partial charge in [0.1, 0.15) is 18.0 Å². The summed E-state index contributed by atoms with van der Waals surface area (Å²) in [5.74, 6) is 1.73. The van der Waals surface area contributed by atoms with Crippen LogP contribution in [0.25, 0.3) is 0 Å². The fourth-order valence-electron chi connectivity index (χ4n) is 3.45. The monoisotopic (exact) mass is 339 g/mol. The van der Waals surface area contributed by atoms with Crippen molar-refractivity contribution in [2.24, 2.45) is 0 Å². The molecule has 3 rings (SSSR count). The number of nitrogens with zero attached hydrogens (tertiary/aromatic N) is 3. The number of rotatable bonds is 7. The second-order valence-electron chi connectivity index (χ2n) is 6.61. The van der Waals surface area contributed by atoms with E-state index in [1.165, 1.54) is 37.8 Å². The first kappa shape index (κ1) is 17.5. The van der Waals surface area contributed by atoms with E-state index in [2.05, 4.69) is 63.6 Å². The molecule has 0 atom stereocenters. The van der Waals surface area contributed by atoms with Crippen molar-refractivity contribution in [3.05, 3.63) is 36.7 Å². The van der Waals surface area contributed by atoms with Gasteiger partial charge in [-0.2, -0.15) is 0 Å². The largest absolute Gasteiger partial charge is 0.372 e. The Balaban J connectivity index is 1.63. The van der Waals surface area contributed by atoms with Crippen molar-refractivity contribution in [1.29, 1.82) is 0 Å². The molecule has 2 aromatic rings. The summed E-state index contributed by atoms with van der Waals surface area (Å²) >= 11 is 0. The molecule has 1 aromatic carbocycles. The van der Waals surface area contributed by atoms with Crippen LogP contribution in [0.1, 0.15) is 46.0 Å². The van der Waals surface area contributed by atoms with Gasteiger partial charge in [-0.05, 0) is 51.0 Å². The lowest BCUT2D eigenvalue weighted by molar-refractivity contribution is 0.462. The number of hydrogen-bond acceptors (Lipinski definition) is 5. The Morgan fingerprint density at radius 2 is 1.64 bits per heavy atom. The Morgan fingerprint density at radius 3 is 2.32 bits per heavy atom. The van der Waals surface area contributed by atoms with Crippen molar-refractivity contribution >= 4 is 23.0 Å². The molecule has 1 aliphatic carbocycles. The van der Waals surface area contributed by atoms with Crippen molar-refractivity contribution < 1.29 is 0 Å². The van der Waals surface area contributed by atoms with Crippen molar-refractivity contribution in [3.63, 3.8) is 0 Å². The van der Waals surface area contributed by atoms with Crippen LogP contribution in [-0.4, -0.2) is 29.1 Å². The van der Waals surface area contributed by atoms with Crippen LogP contribution in [0.15, 0.2) is 36.7 Å². The minimum atomic E-state index is 0.546. The highest BCUT2D eigenvalue weighted by Crippen LogP contribution is 2.23. The molecule has 1 aromatic heterocycles. The van der Waals surface area contributed by atoms with E-state index in [-0.39, 0.29) is 0 Å². The normalized spacial score (nSPS) is 15.0. The predicted octanol–water partition coefficient (Wildman–Crippen LogP) is 4.81. The highest BCUT2D eigenvalue weighted by molar-refractivity contribution is 5.62. The molecule has 1 fully saturated rings. The summed E-state index contributed by atoms with van der Waals surface area (Å²) in [7, 11) is 0. The first-order chi connectivity index (χ1) is 12.3. The number of aromatic nitrogens is 2. The average molecular weight is 339 g/mol. The maximum Gasteiger partial charge on any atom is 0.135 e. The van der Waals surface area contributed by atoms with Gasteiger partial charge in [-0.1, -0.05) is 19.3 Å². The van der Waals surface area contributed by atoms with Gasteiger partial charge in [-0.15, -0.1) is 0 Å². The van der Waals surface area contributed by atoms with E-state index in [1.54, 1.807) is 6.33 Å². The Hall–Kier alpha value is -2.30. The zero-order chi connectivity index (χ0) is 17.5. The number of nitrogens with one attached hydrogen (secondary N) is 2. The summed E-state index contributed by atoms with van der Waals surface area (Å²) in [6, 6.07) is 11.0. The SMILES string of the molecule is CCN(CC)c1ccc(Nc2cc(NC3CCCCC3)ncn2)cc1. The standard InChI is InChI=1S/C20H29N5/c1-3-25(4-2)18-12-10-17(11-13-18)24-20-14-19(21-15-22-20)23-16-8-6-5-7-9-16/h10-16H,3-9H2,1-2H3,(H2,21,22,23,24). The Morgan fingerprint density at radius 1 is 0.960 bits per heavy atom. The maximum absolute atomic E-state index is 4.37. The van der Waals surface area contributed by atoms with Crippen LogP contribution in [0.2, 0.25) is 0 Å². The number of anilines is 4. The molecule has 2 N–H and O–H groups in total. The molecule has 0 amide bonds. The first-order valence-corrected chi connectivity index (χ1v) is 9.49. The zero-order valence-corrected chi connectivity index (χ0v) is 15.3. The van der Waals surface area contributed by atoms with Crippen LogP contribution in [0.3, 0.4) is 0 Å². The molecule has 0 bridgehead atoms. The van der Waals surface area contributed by atoms with E-state index < -0.39 is 0 Å². The minimum absolute atomic E-state index is 0.546. The maximum atomic E-state index is 4.37. The quantitative estimate of drug-likeness (QED) is 0.758. The van der Waals surface area contributed by atoms with Crippen LogP contribution in [-0.2, 0) is 0 Å². The molecule has 0 saturated heterocycles. The first-order valence-electron chi connectivity index (χ1n) is 9.49. The summed E-state index contributed by atoms with van der Waals surface area (Å²) in [6.07, 6.45) is 8.08. The molecule has 134 valence electrons. The van der Waals surface area contributed by atoms with E-state index in [4.69, 9.17) is 0 Å². The van der Waals surface area contributed by atoms with Crippen LogP contribution in [0, 0.1) is 0 Å². The topological polar surface area (TPSA) is 53.1 Å². The van der Waals surface area contributed by atoms with Crippen molar-refractivity contribution in [3.8, 4) is 0 Å². The highest BCUT2D eigenvalue weighted by atomic mass is 15.1. The van der Waals surface area contributed by atoms with E-state index in [1.807, 2.05) is 6.07 Å². The van der Waals surface area contributed by atoms with Gasteiger partial charge in [-0.3, -0.25) is 0 Å². The van der Waals surface area contributed by atoms with Crippen LogP contribution >= 0.6 is 0 Å². The lowest BCUT2D eigenvalue weighted by atomic mass is 9.95. The summed E-state index contributed by atoms with van der Waals surface area (Å²) in [4.78, 5) is 11.0. The summed E-state index contributed by atoms with van der Waals surface area (Å²) in [5.41, 5.74) is 2.29. The molecule has 0 spiro atoms. The molecular formula is C20H29N5. The molecule has 25 heavy (non-hydrogen) atoms. The van der Waals surface area contributed by atoms with Crippen molar-refractivity contribution in [1.82, 2.24) is 9.97 Å². The third kappa shape index (κ3) is 4.84. The Bertz CT molecular complexity index is 645. The molecule has 1 aliphatic rings. The van der Waals surface area contributed by atoms with Gasteiger partial charge in [0.15, 0.2) is 0 Å². The third-order valence-electron chi connectivity index (χ3n) is 4.89. The highest BCUT2D eigenvalue weighted by Gasteiger charge is 2.13. The van der Waals surface area contributed by atoms with Crippen molar-refractivity contribution in [2.45, 2.75) is 52.0 Å². The lowest BCUT2D eigenvalue weighted by Crippen LogP contribution is -2.22. The lowest BCUT2D eigenvalue weighted by Gasteiger charge is -2.23. The van der Waals surface area contributed by atoms with Crippen LogP contribution in [0.4, 0.5) is 23.0 Å². The molecular weight excluding hydrogens is 310 g/mol. The molecule has 5 heteroatoms. The van der Waals surface area contributed by atoms with Gasteiger partial charge < -0.3 is 15.5 Å². The Labute approximate surface area is 150 Å². The molecule has 1 heterocycles. The average Bonchev–Trinajstić information content (AvgIpc) is 2.65. The summed E-state index contributed by atoms with van der Waals surface area (Å²) in [6.45, 7) is 6.39.